The van der Waals surface area contributed by atoms with Crippen molar-refractivity contribution < 1.29 is 19.1 Å². The van der Waals surface area contributed by atoms with Gasteiger partial charge in [0.1, 0.15) is 0 Å². The Kier molecular flexibility index (Phi) is 8.78. The molecule has 10 nitrogen and oxygen atoms in total. The molecule has 1 aromatic heterocycles. The minimum Gasteiger partial charge on any atom is -0.493 e. The lowest BCUT2D eigenvalue weighted by atomic mass is 9.99. The van der Waals surface area contributed by atoms with E-state index in [1.165, 1.54) is 0 Å². The third-order valence-corrected chi connectivity index (χ3v) is 8.26. The number of methoxy groups -OCH3 is 2. The number of anilines is 1. The third kappa shape index (κ3) is 5.88. The summed E-state index contributed by atoms with van der Waals surface area (Å²) in [6.45, 7) is 8.22. The Morgan fingerprint density at radius 2 is 1.85 bits per heavy atom. The van der Waals surface area contributed by atoms with E-state index >= 15 is 0 Å². The highest BCUT2D eigenvalue weighted by Crippen LogP contribution is 2.40. The third-order valence-electron chi connectivity index (χ3n) is 8.26. The molecule has 2 aliphatic rings. The van der Waals surface area contributed by atoms with E-state index in [4.69, 9.17) is 9.47 Å². The number of imidazole rings is 1. The Morgan fingerprint density at radius 1 is 1.07 bits per heavy atom. The summed E-state index contributed by atoms with van der Waals surface area (Å²) in [4.78, 5) is 37.5. The molecule has 5 rings (SSSR count). The molecule has 0 unspecified atom stereocenters. The molecule has 3 aromatic rings. The van der Waals surface area contributed by atoms with Gasteiger partial charge in [-0.05, 0) is 49.2 Å². The first-order valence-corrected chi connectivity index (χ1v) is 14.3. The smallest absolute Gasteiger partial charge is 0.287 e. The van der Waals surface area contributed by atoms with E-state index in [0.29, 0.717) is 43.3 Å². The number of carbonyl (C=O) groups is 2. The molecule has 1 atom stereocenters. The fourth-order valence-corrected chi connectivity index (χ4v) is 5.91. The van der Waals surface area contributed by atoms with Crippen molar-refractivity contribution in [2.45, 2.75) is 32.4 Å². The van der Waals surface area contributed by atoms with Crippen LogP contribution in [0.2, 0.25) is 0 Å². The molecule has 2 aliphatic heterocycles. The van der Waals surface area contributed by atoms with Crippen LogP contribution in [-0.2, 0) is 13.6 Å². The summed E-state index contributed by atoms with van der Waals surface area (Å²) in [6, 6.07) is 11.7. The van der Waals surface area contributed by atoms with Crippen LogP contribution in [0, 0.1) is 0 Å². The summed E-state index contributed by atoms with van der Waals surface area (Å²) in [5.41, 5.74) is 3.99. The van der Waals surface area contributed by atoms with Crippen LogP contribution in [0.4, 0.5) is 5.69 Å². The van der Waals surface area contributed by atoms with Gasteiger partial charge in [0.15, 0.2) is 17.3 Å². The van der Waals surface area contributed by atoms with Crippen LogP contribution in [0.3, 0.4) is 0 Å². The van der Waals surface area contributed by atoms with Gasteiger partial charge >= 0.3 is 0 Å². The maximum atomic E-state index is 13.9. The zero-order valence-corrected chi connectivity index (χ0v) is 24.4. The van der Waals surface area contributed by atoms with Gasteiger partial charge in [0, 0.05) is 75.5 Å². The zero-order valence-electron chi connectivity index (χ0n) is 24.4. The Morgan fingerprint density at radius 3 is 2.54 bits per heavy atom. The van der Waals surface area contributed by atoms with Crippen molar-refractivity contribution in [1.29, 1.82) is 0 Å². The first-order valence-electron chi connectivity index (χ1n) is 14.3. The quantitative estimate of drug-likeness (QED) is 0.359. The number of hydrogen-bond donors (Lipinski definition) is 1. The zero-order chi connectivity index (χ0) is 28.9. The molecule has 1 saturated heterocycles. The van der Waals surface area contributed by atoms with Crippen LogP contribution in [0.5, 0.6) is 11.5 Å². The molecule has 1 N–H and O–H groups in total. The Balaban J connectivity index is 1.37. The van der Waals surface area contributed by atoms with Crippen LogP contribution in [0.1, 0.15) is 57.9 Å². The van der Waals surface area contributed by atoms with Crippen molar-refractivity contribution >= 4 is 17.5 Å². The molecule has 2 aromatic carbocycles. The number of amides is 2. The Bertz CT molecular complexity index is 1380. The maximum Gasteiger partial charge on any atom is 0.287 e. The van der Waals surface area contributed by atoms with E-state index in [0.717, 1.165) is 55.1 Å². The lowest BCUT2D eigenvalue weighted by molar-refractivity contribution is 0.0687. The van der Waals surface area contributed by atoms with Crippen molar-refractivity contribution in [1.82, 2.24) is 24.7 Å². The Labute approximate surface area is 241 Å². The normalized spacial score (nSPS) is 16.0. The van der Waals surface area contributed by atoms with Gasteiger partial charge in [-0.3, -0.25) is 9.59 Å². The highest BCUT2D eigenvalue weighted by atomic mass is 16.5. The molecular weight excluding hydrogens is 520 g/mol. The van der Waals surface area contributed by atoms with E-state index in [1.54, 1.807) is 38.2 Å². The number of nitrogens with zero attached hydrogens (tertiary/aromatic N) is 5. The fraction of sp³-hybridized carbons (Fsp3) is 0.452. The van der Waals surface area contributed by atoms with Crippen LogP contribution >= 0.6 is 0 Å². The molecule has 218 valence electrons. The first-order chi connectivity index (χ1) is 19.9. The van der Waals surface area contributed by atoms with Gasteiger partial charge in [-0.2, -0.15) is 0 Å². The number of rotatable bonds is 11. The fourth-order valence-electron chi connectivity index (χ4n) is 5.91. The number of likely N-dealkylation sites (N-methyl/N-ethyl adjacent to an activating group) is 1. The molecule has 0 aliphatic carbocycles. The van der Waals surface area contributed by atoms with Gasteiger partial charge < -0.3 is 34.1 Å². The summed E-state index contributed by atoms with van der Waals surface area (Å²) < 4.78 is 12.8. The predicted molar refractivity (Wildman–Crippen MR) is 158 cm³/mol. The molecule has 3 heterocycles. The molecule has 0 spiro atoms. The highest BCUT2D eigenvalue weighted by Gasteiger charge is 2.36. The van der Waals surface area contributed by atoms with Gasteiger partial charge in [-0.25, -0.2) is 4.98 Å². The first kappa shape index (κ1) is 28.5. The van der Waals surface area contributed by atoms with Crippen molar-refractivity contribution in [2.24, 2.45) is 7.05 Å². The molecule has 2 amide bonds. The average molecular weight is 561 g/mol. The van der Waals surface area contributed by atoms with Crippen LogP contribution in [-0.4, -0.2) is 84.7 Å². The Hall–Kier alpha value is -4.05. The van der Waals surface area contributed by atoms with Crippen molar-refractivity contribution in [3.8, 4) is 11.5 Å². The molecule has 41 heavy (non-hydrogen) atoms. The van der Waals surface area contributed by atoms with Gasteiger partial charge in [0.05, 0.1) is 20.3 Å². The van der Waals surface area contributed by atoms with E-state index < -0.39 is 0 Å². The number of aromatic nitrogens is 2. The van der Waals surface area contributed by atoms with Crippen molar-refractivity contribution in [2.75, 3.05) is 58.4 Å². The average Bonchev–Trinajstić information content (AvgIpc) is 3.59. The summed E-state index contributed by atoms with van der Waals surface area (Å²) in [5.74, 6) is 1.46. The number of aryl methyl sites for hydroxylation is 1. The monoisotopic (exact) mass is 560 g/mol. The number of hydrogen-bond acceptors (Lipinski definition) is 7. The van der Waals surface area contributed by atoms with Crippen LogP contribution in [0.15, 0.2) is 48.8 Å². The summed E-state index contributed by atoms with van der Waals surface area (Å²) in [5, 5.41) is 2.97. The van der Waals surface area contributed by atoms with E-state index in [-0.39, 0.29) is 17.9 Å². The maximum absolute atomic E-state index is 13.9. The summed E-state index contributed by atoms with van der Waals surface area (Å²) >= 11 is 0. The number of ether oxygens (including phenoxy) is 2. The largest absolute Gasteiger partial charge is 0.493 e. The predicted octanol–water partition coefficient (Wildman–Crippen LogP) is 3.49. The van der Waals surface area contributed by atoms with Gasteiger partial charge in [-0.15, -0.1) is 0 Å². The highest BCUT2D eigenvalue weighted by molar-refractivity contribution is 6.00. The van der Waals surface area contributed by atoms with Crippen LogP contribution < -0.4 is 19.7 Å². The summed E-state index contributed by atoms with van der Waals surface area (Å²) in [7, 11) is 5.02. The van der Waals surface area contributed by atoms with Gasteiger partial charge in [-0.1, -0.05) is 19.1 Å². The van der Waals surface area contributed by atoms with E-state index in [2.05, 4.69) is 33.1 Å². The lowest BCUT2D eigenvalue weighted by Crippen LogP contribution is -2.46. The summed E-state index contributed by atoms with van der Waals surface area (Å²) in [6.07, 6.45) is 4.70. The minimum atomic E-state index is -0.211. The lowest BCUT2D eigenvalue weighted by Gasteiger charge is -2.36. The minimum absolute atomic E-state index is 0.0332. The molecule has 0 radical (unpaired) electrons. The molecule has 1 fully saturated rings. The van der Waals surface area contributed by atoms with Crippen LogP contribution in [0.25, 0.3) is 0 Å². The topological polar surface area (TPSA) is 92.2 Å². The standard InChI is InChI=1S/C31H40N6O4/c1-5-35-16-18-36(19-17-35)26-9-6-8-23-24(26)21-37(31(23)39)25(22-11-12-27(40-3)28(20-22)41-4)10-7-13-33-30(38)29-32-14-15-34(29)2/h6,8-9,11-12,14-15,20,25H,5,7,10,13,16-19,21H2,1-4H3,(H,33,38)/t25-/m1/s1. The molecule has 10 heteroatoms. The second-order valence-electron chi connectivity index (χ2n) is 10.5. The van der Waals surface area contributed by atoms with Gasteiger partial charge in [0.25, 0.3) is 11.8 Å². The van der Waals surface area contributed by atoms with Crippen molar-refractivity contribution in [3.05, 3.63) is 71.3 Å². The van der Waals surface area contributed by atoms with E-state index in [1.807, 2.05) is 35.2 Å². The number of benzene rings is 2. The number of carbonyl (C=O) groups excluding carboxylic acids is 2. The number of fused-ring (bicyclic) bond motifs is 1. The SMILES string of the molecule is CCN1CCN(c2cccc3c2CN([C@H](CCCNC(=O)c2nccn2C)c2ccc(OC)c(OC)c2)C3=O)CC1. The van der Waals surface area contributed by atoms with Gasteiger partial charge in [0.2, 0.25) is 0 Å². The molecular formula is C31H40N6O4. The number of piperazine rings is 1. The number of nitrogens with one attached hydrogen (secondary N) is 1. The second-order valence-corrected chi connectivity index (χ2v) is 10.5. The molecule has 0 bridgehead atoms. The molecule has 0 saturated carbocycles. The second kappa shape index (κ2) is 12.6. The van der Waals surface area contributed by atoms with E-state index in [9.17, 15) is 9.59 Å². The van der Waals surface area contributed by atoms with Crippen molar-refractivity contribution in [3.63, 3.8) is 0 Å².